The number of nitrogens with zero attached hydrogens (tertiary/aromatic N) is 1. The molecule has 3 rings (SSSR count). The highest BCUT2D eigenvalue weighted by Gasteiger charge is 2.30. The molecule has 0 bridgehead atoms. The van der Waals surface area contributed by atoms with Crippen molar-refractivity contribution in [3.63, 3.8) is 0 Å². The van der Waals surface area contributed by atoms with Crippen LogP contribution >= 0.6 is 0 Å². The Morgan fingerprint density at radius 1 is 1.10 bits per heavy atom. The zero-order valence-corrected chi connectivity index (χ0v) is 12.0. The molecule has 110 valence electrons. The fourth-order valence-corrected chi connectivity index (χ4v) is 3.07. The molecule has 0 radical (unpaired) electrons. The van der Waals surface area contributed by atoms with E-state index in [4.69, 9.17) is 4.74 Å². The Bertz CT molecular complexity index is 421. The van der Waals surface area contributed by atoms with Crippen LogP contribution < -0.4 is 5.32 Å². The minimum atomic E-state index is -0.636. The molecule has 2 heterocycles. The molecule has 0 aliphatic carbocycles. The van der Waals surface area contributed by atoms with Crippen molar-refractivity contribution in [3.8, 4) is 0 Å². The number of rotatable bonds is 3. The Labute approximate surface area is 120 Å². The number of hydrogen-bond donors (Lipinski definition) is 2. The van der Waals surface area contributed by atoms with Gasteiger partial charge in [0.15, 0.2) is 0 Å². The zero-order valence-electron chi connectivity index (χ0n) is 12.0. The minimum absolute atomic E-state index is 0.636. The van der Waals surface area contributed by atoms with Crippen molar-refractivity contribution in [1.29, 1.82) is 0 Å². The van der Waals surface area contributed by atoms with E-state index in [0.717, 1.165) is 64.3 Å². The third kappa shape index (κ3) is 3.20. The van der Waals surface area contributed by atoms with Crippen LogP contribution in [-0.4, -0.2) is 49.4 Å². The lowest BCUT2D eigenvalue weighted by Crippen LogP contribution is -2.39. The number of ether oxygens (including phenoxy) is 1. The van der Waals surface area contributed by atoms with Crippen molar-refractivity contribution in [2.45, 2.75) is 25.0 Å². The molecule has 1 aromatic carbocycles. The zero-order chi connectivity index (χ0) is 13.8. The maximum Gasteiger partial charge on any atom is 0.0920 e. The Morgan fingerprint density at radius 3 is 2.40 bits per heavy atom. The van der Waals surface area contributed by atoms with Crippen LogP contribution in [-0.2, 0) is 16.9 Å². The van der Waals surface area contributed by atoms with Crippen LogP contribution in [0.2, 0.25) is 0 Å². The summed E-state index contributed by atoms with van der Waals surface area (Å²) in [6, 6.07) is 8.51. The summed E-state index contributed by atoms with van der Waals surface area (Å²) in [5, 5.41) is 14.0. The Balaban J connectivity index is 1.64. The average Bonchev–Trinajstić information content (AvgIpc) is 2.50. The number of aliphatic hydroxyl groups is 1. The summed E-state index contributed by atoms with van der Waals surface area (Å²) in [4.78, 5) is 2.41. The lowest BCUT2D eigenvalue weighted by molar-refractivity contribution is 0.00589. The maximum absolute atomic E-state index is 10.7. The molecule has 2 N–H and O–H groups in total. The molecular weight excluding hydrogens is 252 g/mol. The van der Waals surface area contributed by atoms with Crippen LogP contribution in [0.15, 0.2) is 24.3 Å². The van der Waals surface area contributed by atoms with E-state index in [1.165, 1.54) is 5.56 Å². The molecule has 2 aliphatic heterocycles. The highest BCUT2D eigenvalue weighted by Crippen LogP contribution is 2.30. The van der Waals surface area contributed by atoms with E-state index >= 15 is 0 Å². The van der Waals surface area contributed by atoms with Gasteiger partial charge in [0.2, 0.25) is 0 Å². The summed E-state index contributed by atoms with van der Waals surface area (Å²) in [7, 11) is 0. The van der Waals surface area contributed by atoms with Gasteiger partial charge in [0.1, 0.15) is 0 Å². The first kappa shape index (κ1) is 14.0. The van der Waals surface area contributed by atoms with Gasteiger partial charge >= 0.3 is 0 Å². The van der Waals surface area contributed by atoms with Crippen LogP contribution in [0.5, 0.6) is 0 Å². The molecule has 2 saturated heterocycles. The van der Waals surface area contributed by atoms with Crippen molar-refractivity contribution in [3.05, 3.63) is 35.4 Å². The molecule has 2 fully saturated rings. The summed E-state index contributed by atoms with van der Waals surface area (Å²) in [5.74, 6) is 0. The van der Waals surface area contributed by atoms with Gasteiger partial charge in [-0.15, -0.1) is 0 Å². The van der Waals surface area contributed by atoms with E-state index in [1.54, 1.807) is 0 Å². The van der Waals surface area contributed by atoms with Gasteiger partial charge in [-0.2, -0.15) is 0 Å². The number of piperidine rings is 1. The van der Waals surface area contributed by atoms with E-state index in [0.29, 0.717) is 0 Å². The first-order valence-electron chi connectivity index (χ1n) is 7.59. The van der Waals surface area contributed by atoms with Gasteiger partial charge in [0.25, 0.3) is 0 Å². The van der Waals surface area contributed by atoms with Crippen LogP contribution in [0, 0.1) is 0 Å². The first-order valence-corrected chi connectivity index (χ1v) is 7.59. The van der Waals surface area contributed by atoms with E-state index in [9.17, 15) is 5.11 Å². The fraction of sp³-hybridized carbons (Fsp3) is 0.625. The van der Waals surface area contributed by atoms with Gasteiger partial charge in [-0.1, -0.05) is 24.3 Å². The summed E-state index contributed by atoms with van der Waals surface area (Å²) < 4.78 is 5.37. The van der Waals surface area contributed by atoms with Crippen molar-refractivity contribution in [2.24, 2.45) is 0 Å². The third-order valence-corrected chi connectivity index (χ3v) is 4.43. The standard InChI is InChI=1S/C16H24N2O2/c19-16(5-7-17-8-6-16)15-3-1-14(2-4-15)13-18-9-11-20-12-10-18/h1-4,17,19H,5-13H2. The predicted molar refractivity (Wildman–Crippen MR) is 78.5 cm³/mol. The highest BCUT2D eigenvalue weighted by molar-refractivity contribution is 5.27. The van der Waals surface area contributed by atoms with E-state index in [-0.39, 0.29) is 0 Å². The van der Waals surface area contributed by atoms with Gasteiger partial charge in [-0.25, -0.2) is 0 Å². The topological polar surface area (TPSA) is 44.7 Å². The van der Waals surface area contributed by atoms with Crippen LogP contribution in [0.1, 0.15) is 24.0 Å². The molecule has 4 nitrogen and oxygen atoms in total. The lowest BCUT2D eigenvalue weighted by atomic mass is 9.85. The number of nitrogens with one attached hydrogen (secondary N) is 1. The molecule has 0 spiro atoms. The van der Waals surface area contributed by atoms with Crippen LogP contribution in [0.4, 0.5) is 0 Å². The summed E-state index contributed by atoms with van der Waals surface area (Å²) in [5.41, 5.74) is 1.74. The third-order valence-electron chi connectivity index (χ3n) is 4.43. The van der Waals surface area contributed by atoms with Gasteiger partial charge < -0.3 is 15.2 Å². The summed E-state index contributed by atoms with van der Waals surface area (Å²) in [6.07, 6.45) is 1.60. The van der Waals surface area contributed by atoms with E-state index in [1.807, 2.05) is 0 Å². The molecule has 1 aromatic rings. The number of morpholine rings is 1. The number of benzene rings is 1. The molecule has 0 saturated carbocycles. The van der Waals surface area contributed by atoms with Crippen LogP contribution in [0.3, 0.4) is 0 Å². The quantitative estimate of drug-likeness (QED) is 0.867. The Morgan fingerprint density at radius 2 is 1.75 bits per heavy atom. The monoisotopic (exact) mass is 276 g/mol. The molecule has 20 heavy (non-hydrogen) atoms. The average molecular weight is 276 g/mol. The normalized spacial score (nSPS) is 23.6. The Hall–Kier alpha value is -0.940. The first-order chi connectivity index (χ1) is 9.76. The smallest absolute Gasteiger partial charge is 0.0920 e. The summed E-state index contributed by atoms with van der Waals surface area (Å²) >= 11 is 0. The molecule has 0 atom stereocenters. The second kappa shape index (κ2) is 6.22. The molecule has 0 aromatic heterocycles. The fourth-order valence-electron chi connectivity index (χ4n) is 3.07. The molecule has 2 aliphatic rings. The predicted octanol–water partition coefficient (Wildman–Crippen LogP) is 1.09. The van der Waals surface area contributed by atoms with Gasteiger partial charge in [-0.3, -0.25) is 4.90 Å². The SMILES string of the molecule is OC1(c2ccc(CN3CCOCC3)cc2)CCNCC1. The van der Waals surface area contributed by atoms with Crippen molar-refractivity contribution in [2.75, 3.05) is 39.4 Å². The van der Waals surface area contributed by atoms with Gasteiger partial charge in [-0.05, 0) is 37.1 Å². The lowest BCUT2D eigenvalue weighted by Gasteiger charge is -2.33. The minimum Gasteiger partial charge on any atom is -0.385 e. The number of hydrogen-bond acceptors (Lipinski definition) is 4. The van der Waals surface area contributed by atoms with E-state index in [2.05, 4.69) is 34.5 Å². The molecular formula is C16H24N2O2. The van der Waals surface area contributed by atoms with E-state index < -0.39 is 5.60 Å². The summed E-state index contributed by atoms with van der Waals surface area (Å²) in [6.45, 7) is 6.46. The second-order valence-corrected chi connectivity index (χ2v) is 5.87. The molecule has 0 amide bonds. The van der Waals surface area contributed by atoms with Gasteiger partial charge in [0.05, 0.1) is 18.8 Å². The largest absolute Gasteiger partial charge is 0.385 e. The van der Waals surface area contributed by atoms with Crippen LogP contribution in [0.25, 0.3) is 0 Å². The molecule has 4 heteroatoms. The highest BCUT2D eigenvalue weighted by atomic mass is 16.5. The maximum atomic E-state index is 10.7. The van der Waals surface area contributed by atoms with Crippen molar-refractivity contribution in [1.82, 2.24) is 10.2 Å². The van der Waals surface area contributed by atoms with Crippen molar-refractivity contribution < 1.29 is 9.84 Å². The van der Waals surface area contributed by atoms with Crippen molar-refractivity contribution >= 4 is 0 Å². The molecule has 0 unspecified atom stereocenters. The second-order valence-electron chi connectivity index (χ2n) is 5.87. The van der Waals surface area contributed by atoms with Gasteiger partial charge in [0, 0.05) is 19.6 Å². The Kier molecular flexibility index (Phi) is 4.36.